The number of ketones is 1. The maximum atomic E-state index is 12.8. The molecule has 0 bridgehead atoms. The quantitative estimate of drug-likeness (QED) is 0.543. The maximum absolute atomic E-state index is 12.8. The molecule has 0 aliphatic carbocycles. The average Bonchev–Trinajstić information content (AvgIpc) is 2.65. The minimum atomic E-state index is -0.180. The summed E-state index contributed by atoms with van der Waals surface area (Å²) >= 11 is 0. The highest BCUT2D eigenvalue weighted by molar-refractivity contribution is 6.14. The van der Waals surface area contributed by atoms with Crippen LogP contribution in [0.1, 0.15) is 27.0 Å². The first-order valence-electron chi connectivity index (χ1n) is 8.37. The molecular weight excluding hydrogens is 324 g/mol. The van der Waals surface area contributed by atoms with Gasteiger partial charge in [-0.3, -0.25) is 9.59 Å². The number of hydrogen-bond donors (Lipinski definition) is 2. The predicted molar refractivity (Wildman–Crippen MR) is 104 cm³/mol. The van der Waals surface area contributed by atoms with Crippen LogP contribution in [0.3, 0.4) is 0 Å². The molecule has 0 unspecified atom stereocenters. The van der Waals surface area contributed by atoms with Crippen LogP contribution in [0.5, 0.6) is 0 Å². The molecule has 1 amide bonds. The molecule has 0 saturated heterocycles. The molecule has 0 saturated carbocycles. The Morgan fingerprint density at radius 1 is 0.923 bits per heavy atom. The van der Waals surface area contributed by atoms with Gasteiger partial charge in [0.2, 0.25) is 5.91 Å². The molecule has 130 valence electrons. The largest absolute Gasteiger partial charge is 0.399 e. The third-order valence-corrected chi connectivity index (χ3v) is 4.08. The normalized spacial score (nSPS) is 10.3. The van der Waals surface area contributed by atoms with Gasteiger partial charge in [-0.2, -0.15) is 0 Å². The van der Waals surface area contributed by atoms with E-state index in [1.165, 1.54) is 0 Å². The number of benzene rings is 3. The van der Waals surface area contributed by atoms with Crippen molar-refractivity contribution in [2.45, 2.75) is 13.3 Å². The summed E-state index contributed by atoms with van der Waals surface area (Å²) in [4.78, 5) is 25.2. The van der Waals surface area contributed by atoms with Gasteiger partial charge in [0.25, 0.3) is 0 Å². The Kier molecular flexibility index (Phi) is 5.13. The van der Waals surface area contributed by atoms with Crippen molar-refractivity contribution >= 4 is 23.1 Å². The number of amides is 1. The van der Waals surface area contributed by atoms with Gasteiger partial charge in [-0.1, -0.05) is 60.2 Å². The lowest BCUT2D eigenvalue weighted by Crippen LogP contribution is -2.17. The fourth-order valence-electron chi connectivity index (χ4n) is 2.69. The van der Waals surface area contributed by atoms with Crippen LogP contribution in [0.2, 0.25) is 0 Å². The number of nitrogens with two attached hydrogens (primary N) is 1. The van der Waals surface area contributed by atoms with Crippen molar-refractivity contribution in [2.75, 3.05) is 11.1 Å². The molecule has 0 aliphatic heterocycles. The van der Waals surface area contributed by atoms with E-state index in [-0.39, 0.29) is 18.1 Å². The second-order valence-electron chi connectivity index (χ2n) is 6.21. The van der Waals surface area contributed by atoms with Crippen LogP contribution in [0.4, 0.5) is 11.4 Å². The Hall–Kier alpha value is -3.40. The van der Waals surface area contributed by atoms with Crippen molar-refractivity contribution in [1.29, 1.82) is 0 Å². The van der Waals surface area contributed by atoms with Crippen LogP contribution in [0.15, 0.2) is 72.8 Å². The van der Waals surface area contributed by atoms with E-state index >= 15 is 0 Å². The van der Waals surface area contributed by atoms with Crippen LogP contribution in [-0.4, -0.2) is 11.7 Å². The lowest BCUT2D eigenvalue weighted by molar-refractivity contribution is -0.115. The van der Waals surface area contributed by atoms with Gasteiger partial charge in [-0.15, -0.1) is 0 Å². The van der Waals surface area contributed by atoms with E-state index in [4.69, 9.17) is 5.73 Å². The Balaban J connectivity index is 1.82. The van der Waals surface area contributed by atoms with Gasteiger partial charge < -0.3 is 11.1 Å². The van der Waals surface area contributed by atoms with Crippen LogP contribution >= 0.6 is 0 Å². The lowest BCUT2D eigenvalue weighted by atomic mass is 10.0. The number of nitrogen functional groups attached to an aromatic ring is 1. The van der Waals surface area contributed by atoms with Crippen LogP contribution in [0.25, 0.3) is 0 Å². The minimum Gasteiger partial charge on any atom is -0.399 e. The molecule has 0 fully saturated rings. The Bertz CT molecular complexity index is 932. The van der Waals surface area contributed by atoms with Gasteiger partial charge in [0.05, 0.1) is 12.1 Å². The zero-order valence-electron chi connectivity index (χ0n) is 14.5. The molecule has 0 spiro atoms. The minimum absolute atomic E-state index is 0.177. The molecule has 0 aliphatic rings. The van der Waals surface area contributed by atoms with Gasteiger partial charge >= 0.3 is 0 Å². The number of hydrogen-bond acceptors (Lipinski definition) is 3. The van der Waals surface area contributed by atoms with E-state index in [1.807, 2.05) is 37.3 Å². The van der Waals surface area contributed by atoms with Crippen molar-refractivity contribution in [3.63, 3.8) is 0 Å². The second kappa shape index (κ2) is 7.66. The summed E-state index contributed by atoms with van der Waals surface area (Å²) in [6.45, 7) is 2.00. The molecule has 3 rings (SSSR count). The average molecular weight is 344 g/mol. The fraction of sp³-hybridized carbons (Fsp3) is 0.0909. The smallest absolute Gasteiger partial charge is 0.228 e. The zero-order valence-corrected chi connectivity index (χ0v) is 14.5. The van der Waals surface area contributed by atoms with Gasteiger partial charge in [0.1, 0.15) is 0 Å². The molecular formula is C22H20N2O2. The van der Waals surface area contributed by atoms with E-state index in [2.05, 4.69) is 5.32 Å². The molecule has 3 aromatic rings. The summed E-state index contributed by atoms with van der Waals surface area (Å²) in [5.74, 6) is -0.357. The van der Waals surface area contributed by atoms with E-state index in [0.29, 0.717) is 22.5 Å². The molecule has 26 heavy (non-hydrogen) atoms. The summed E-state index contributed by atoms with van der Waals surface area (Å²) in [5, 5.41) is 2.84. The highest BCUT2D eigenvalue weighted by Gasteiger charge is 2.16. The molecule has 0 aromatic heterocycles. The Morgan fingerprint density at radius 3 is 2.31 bits per heavy atom. The van der Waals surface area contributed by atoms with E-state index in [1.54, 1.807) is 42.5 Å². The molecule has 0 heterocycles. The van der Waals surface area contributed by atoms with Gasteiger partial charge in [0.15, 0.2) is 5.78 Å². The highest BCUT2D eigenvalue weighted by Crippen LogP contribution is 2.22. The first-order valence-corrected chi connectivity index (χ1v) is 8.37. The first-order chi connectivity index (χ1) is 12.5. The molecule has 4 heteroatoms. The summed E-state index contributed by atoms with van der Waals surface area (Å²) in [7, 11) is 0. The molecule has 3 aromatic carbocycles. The number of carbonyl (C=O) groups excluding carboxylic acids is 2. The number of rotatable bonds is 5. The lowest BCUT2D eigenvalue weighted by Gasteiger charge is -2.12. The summed E-state index contributed by atoms with van der Waals surface area (Å²) in [6, 6.07) is 21.6. The zero-order chi connectivity index (χ0) is 18.5. The van der Waals surface area contributed by atoms with Crippen molar-refractivity contribution in [1.82, 2.24) is 0 Å². The molecule has 3 N–H and O–H groups in total. The van der Waals surface area contributed by atoms with Gasteiger partial charge in [-0.05, 0) is 30.7 Å². The SMILES string of the molecule is Cc1ccc(CC(=O)Nc2ccc(N)cc2C(=O)c2ccccc2)cc1. The number of aryl methyl sites for hydroxylation is 1. The van der Waals surface area contributed by atoms with Crippen molar-refractivity contribution in [3.05, 3.63) is 95.1 Å². The van der Waals surface area contributed by atoms with Crippen LogP contribution in [0, 0.1) is 6.92 Å². The van der Waals surface area contributed by atoms with Crippen molar-refractivity contribution < 1.29 is 9.59 Å². The van der Waals surface area contributed by atoms with E-state index in [0.717, 1.165) is 11.1 Å². The van der Waals surface area contributed by atoms with Crippen LogP contribution in [-0.2, 0) is 11.2 Å². The molecule has 0 radical (unpaired) electrons. The summed E-state index contributed by atoms with van der Waals surface area (Å²) < 4.78 is 0. The second-order valence-corrected chi connectivity index (χ2v) is 6.21. The number of nitrogens with one attached hydrogen (secondary N) is 1. The van der Waals surface area contributed by atoms with Gasteiger partial charge in [0, 0.05) is 16.8 Å². The Labute approximate surface area is 152 Å². The number of anilines is 2. The standard InChI is InChI=1S/C22H20N2O2/c1-15-7-9-16(10-8-15)13-21(25)24-20-12-11-18(23)14-19(20)22(26)17-5-3-2-4-6-17/h2-12,14H,13,23H2,1H3,(H,24,25). The number of carbonyl (C=O) groups is 2. The summed E-state index contributed by atoms with van der Waals surface area (Å²) in [6.07, 6.45) is 0.240. The monoisotopic (exact) mass is 344 g/mol. The third kappa shape index (κ3) is 4.16. The van der Waals surface area contributed by atoms with Crippen LogP contribution < -0.4 is 11.1 Å². The van der Waals surface area contributed by atoms with Gasteiger partial charge in [-0.25, -0.2) is 0 Å². The van der Waals surface area contributed by atoms with Crippen molar-refractivity contribution in [2.24, 2.45) is 0 Å². The highest BCUT2D eigenvalue weighted by atomic mass is 16.1. The Morgan fingerprint density at radius 2 is 1.62 bits per heavy atom. The van der Waals surface area contributed by atoms with E-state index < -0.39 is 0 Å². The maximum Gasteiger partial charge on any atom is 0.228 e. The predicted octanol–water partition coefficient (Wildman–Crippen LogP) is 3.99. The topological polar surface area (TPSA) is 72.2 Å². The third-order valence-electron chi connectivity index (χ3n) is 4.08. The first kappa shape index (κ1) is 17.4. The fourth-order valence-corrected chi connectivity index (χ4v) is 2.69. The molecule has 4 nitrogen and oxygen atoms in total. The molecule has 0 atom stereocenters. The van der Waals surface area contributed by atoms with Crippen molar-refractivity contribution in [3.8, 4) is 0 Å². The van der Waals surface area contributed by atoms with E-state index in [9.17, 15) is 9.59 Å². The summed E-state index contributed by atoms with van der Waals surface area (Å²) in [5.41, 5.74) is 9.77.